The number of carbonyl (C=O) groups excluding carboxylic acids is 1. The fourth-order valence-corrected chi connectivity index (χ4v) is 2.64. The molecule has 0 atom stereocenters. The summed E-state index contributed by atoms with van der Waals surface area (Å²) < 4.78 is 44.6. The molecule has 2 rings (SSSR count). The van der Waals surface area contributed by atoms with Gasteiger partial charge in [-0.2, -0.15) is 13.2 Å². The Labute approximate surface area is 109 Å². The Bertz CT molecular complexity index is 470. The van der Waals surface area contributed by atoms with Crippen molar-refractivity contribution in [1.82, 2.24) is 0 Å². The average molecular weight is 272 g/mol. The van der Waals surface area contributed by atoms with Gasteiger partial charge in [0.05, 0.1) is 11.2 Å². The van der Waals surface area contributed by atoms with Crippen molar-refractivity contribution in [2.45, 2.75) is 37.5 Å². The highest BCUT2D eigenvalue weighted by Gasteiger charge is 2.43. The van der Waals surface area contributed by atoms with Gasteiger partial charge in [-0.25, -0.2) is 0 Å². The van der Waals surface area contributed by atoms with Crippen LogP contribution in [0.5, 0.6) is 0 Å². The van der Waals surface area contributed by atoms with Gasteiger partial charge in [-0.05, 0) is 24.5 Å². The Morgan fingerprint density at radius 1 is 1.16 bits per heavy atom. The molecule has 0 bridgehead atoms. The maximum Gasteiger partial charge on any atom is 0.416 e. The highest BCUT2D eigenvalue weighted by Crippen LogP contribution is 2.44. The van der Waals surface area contributed by atoms with Crippen molar-refractivity contribution < 1.29 is 22.7 Å². The molecule has 0 radical (unpaired) electrons. The summed E-state index contributed by atoms with van der Waals surface area (Å²) in [6.07, 6.45) is -3.28. The number of ether oxygens (including phenoxy) is 1. The maximum absolute atomic E-state index is 13.1. The number of carbonyl (C=O) groups is 1. The topological polar surface area (TPSA) is 26.3 Å². The fourth-order valence-electron chi connectivity index (χ4n) is 2.64. The van der Waals surface area contributed by atoms with Crippen LogP contribution in [-0.2, 0) is 21.3 Å². The third-order valence-corrected chi connectivity index (χ3v) is 3.73. The molecule has 0 spiro atoms. The number of rotatable bonds is 2. The summed E-state index contributed by atoms with van der Waals surface area (Å²) in [4.78, 5) is 11.3. The lowest BCUT2D eigenvalue weighted by Crippen LogP contribution is -2.35. The summed E-state index contributed by atoms with van der Waals surface area (Å²) in [5.74, 6) is 0.0807. The number of hydrogen-bond acceptors (Lipinski definition) is 2. The molecule has 1 aromatic rings. The lowest BCUT2D eigenvalue weighted by atomic mass is 9.77. The second-order valence-corrected chi connectivity index (χ2v) is 4.78. The highest BCUT2D eigenvalue weighted by atomic mass is 19.4. The maximum atomic E-state index is 13.1. The number of halogens is 3. The second-order valence-electron chi connectivity index (χ2n) is 4.78. The van der Waals surface area contributed by atoms with Crippen LogP contribution in [0.15, 0.2) is 24.3 Å². The molecule has 0 N–H and O–H groups in total. The Morgan fingerprint density at radius 2 is 1.74 bits per heavy atom. The van der Waals surface area contributed by atoms with Crippen molar-refractivity contribution in [3.05, 3.63) is 35.4 Å². The first kappa shape index (κ1) is 14.1. The van der Waals surface area contributed by atoms with Gasteiger partial charge >= 0.3 is 6.18 Å². The smallest absolute Gasteiger partial charge is 0.373 e. The van der Waals surface area contributed by atoms with Crippen molar-refractivity contribution in [2.24, 2.45) is 0 Å². The van der Waals surface area contributed by atoms with Crippen LogP contribution in [-0.4, -0.2) is 12.9 Å². The first-order valence-corrected chi connectivity index (χ1v) is 6.13. The average Bonchev–Trinajstić information content (AvgIpc) is 2.39. The van der Waals surface area contributed by atoms with Crippen LogP contribution in [0, 0.1) is 0 Å². The van der Waals surface area contributed by atoms with Gasteiger partial charge in [-0.3, -0.25) is 4.79 Å². The molecule has 19 heavy (non-hydrogen) atoms. The molecule has 1 saturated carbocycles. The van der Waals surface area contributed by atoms with E-state index in [1.165, 1.54) is 19.2 Å². The zero-order valence-corrected chi connectivity index (χ0v) is 10.6. The van der Waals surface area contributed by atoms with Crippen molar-refractivity contribution in [3.8, 4) is 0 Å². The monoisotopic (exact) mass is 272 g/mol. The lowest BCUT2D eigenvalue weighted by molar-refractivity contribution is -0.143. The van der Waals surface area contributed by atoms with Crippen LogP contribution in [0.4, 0.5) is 13.2 Å². The fraction of sp³-hybridized carbons (Fsp3) is 0.500. The van der Waals surface area contributed by atoms with Gasteiger partial charge in [0, 0.05) is 20.0 Å². The quantitative estimate of drug-likeness (QED) is 0.820. The zero-order valence-electron chi connectivity index (χ0n) is 10.6. The Kier molecular flexibility index (Phi) is 3.67. The molecule has 0 aliphatic heterocycles. The van der Waals surface area contributed by atoms with Gasteiger partial charge in [-0.15, -0.1) is 0 Å². The first-order valence-electron chi connectivity index (χ1n) is 6.13. The van der Waals surface area contributed by atoms with Gasteiger partial charge in [0.1, 0.15) is 5.78 Å². The molecular weight excluding hydrogens is 257 g/mol. The first-order chi connectivity index (χ1) is 8.89. The largest absolute Gasteiger partial charge is 0.416 e. The molecule has 104 valence electrons. The minimum Gasteiger partial charge on any atom is -0.373 e. The second kappa shape index (κ2) is 4.96. The third kappa shape index (κ3) is 2.66. The van der Waals surface area contributed by atoms with Crippen LogP contribution < -0.4 is 0 Å². The molecule has 0 heterocycles. The molecule has 1 fully saturated rings. The number of hydrogen-bond donors (Lipinski definition) is 0. The summed E-state index contributed by atoms with van der Waals surface area (Å²) in [5, 5.41) is 0. The van der Waals surface area contributed by atoms with E-state index < -0.39 is 17.3 Å². The van der Waals surface area contributed by atoms with Gasteiger partial charge < -0.3 is 4.74 Å². The third-order valence-electron chi connectivity index (χ3n) is 3.73. The van der Waals surface area contributed by atoms with Gasteiger partial charge in [0.15, 0.2) is 0 Å². The van der Waals surface area contributed by atoms with E-state index in [1.807, 2.05) is 0 Å². The van der Waals surface area contributed by atoms with E-state index in [0.717, 1.165) is 6.07 Å². The van der Waals surface area contributed by atoms with E-state index in [-0.39, 0.29) is 24.2 Å². The van der Waals surface area contributed by atoms with Crippen LogP contribution in [0.25, 0.3) is 0 Å². The standard InChI is InChI=1S/C14H15F3O2/c1-19-13(8-6-10(18)7-9-13)11-4-2-3-5-12(11)14(15,16)17/h2-5H,6-9H2,1H3. The number of benzene rings is 1. The number of ketones is 1. The van der Waals surface area contributed by atoms with E-state index in [1.54, 1.807) is 6.07 Å². The number of methoxy groups -OCH3 is 1. The summed E-state index contributed by atoms with van der Waals surface area (Å²) in [6, 6.07) is 5.44. The van der Waals surface area contributed by atoms with Crippen LogP contribution in [0.3, 0.4) is 0 Å². The predicted molar refractivity (Wildman–Crippen MR) is 63.6 cm³/mol. The molecule has 0 aromatic heterocycles. The Morgan fingerprint density at radius 3 is 2.26 bits per heavy atom. The number of alkyl halides is 3. The Hall–Kier alpha value is -1.36. The van der Waals surface area contributed by atoms with E-state index in [0.29, 0.717) is 12.8 Å². The van der Waals surface area contributed by atoms with Gasteiger partial charge in [-0.1, -0.05) is 18.2 Å². The van der Waals surface area contributed by atoms with E-state index in [4.69, 9.17) is 4.74 Å². The lowest BCUT2D eigenvalue weighted by Gasteiger charge is -2.37. The van der Waals surface area contributed by atoms with Crippen LogP contribution >= 0.6 is 0 Å². The predicted octanol–water partition coefficient (Wildman–Crippen LogP) is 3.69. The summed E-state index contributed by atoms with van der Waals surface area (Å²) >= 11 is 0. The van der Waals surface area contributed by atoms with Crippen LogP contribution in [0.2, 0.25) is 0 Å². The highest BCUT2D eigenvalue weighted by molar-refractivity contribution is 5.79. The minimum absolute atomic E-state index is 0.0807. The zero-order chi connectivity index (χ0) is 14.1. The van der Waals surface area contributed by atoms with Crippen molar-refractivity contribution >= 4 is 5.78 Å². The van der Waals surface area contributed by atoms with E-state index in [9.17, 15) is 18.0 Å². The van der Waals surface area contributed by atoms with Crippen LogP contribution in [0.1, 0.15) is 36.8 Å². The molecule has 1 aliphatic rings. The molecule has 5 heteroatoms. The molecule has 0 unspecified atom stereocenters. The Balaban J connectivity index is 2.47. The van der Waals surface area contributed by atoms with E-state index in [2.05, 4.69) is 0 Å². The van der Waals surface area contributed by atoms with E-state index >= 15 is 0 Å². The van der Waals surface area contributed by atoms with Gasteiger partial charge in [0.2, 0.25) is 0 Å². The molecule has 0 amide bonds. The van der Waals surface area contributed by atoms with Crippen molar-refractivity contribution in [2.75, 3.05) is 7.11 Å². The molecule has 2 nitrogen and oxygen atoms in total. The molecule has 0 saturated heterocycles. The number of Topliss-reactive ketones (excluding diaryl/α,β-unsaturated/α-hetero) is 1. The summed E-state index contributed by atoms with van der Waals surface area (Å²) in [6.45, 7) is 0. The normalized spacial score (nSPS) is 19.5. The molecular formula is C14H15F3O2. The molecule has 1 aromatic carbocycles. The summed E-state index contributed by atoms with van der Waals surface area (Å²) in [7, 11) is 1.41. The minimum atomic E-state index is -4.41. The summed E-state index contributed by atoms with van der Waals surface area (Å²) in [5.41, 5.74) is -1.54. The van der Waals surface area contributed by atoms with Gasteiger partial charge in [0.25, 0.3) is 0 Å². The SMILES string of the molecule is COC1(c2ccccc2C(F)(F)F)CCC(=O)CC1. The van der Waals surface area contributed by atoms with Crippen molar-refractivity contribution in [1.29, 1.82) is 0 Å². The van der Waals surface area contributed by atoms with Crippen molar-refractivity contribution in [3.63, 3.8) is 0 Å². The molecule has 1 aliphatic carbocycles.